The first-order valence-electron chi connectivity index (χ1n) is 9.86. The third-order valence-electron chi connectivity index (χ3n) is 4.61. The number of anilines is 1. The second-order valence-corrected chi connectivity index (χ2v) is 7.91. The molecule has 6 nitrogen and oxygen atoms in total. The average Bonchev–Trinajstić information content (AvgIpc) is 3.25. The van der Waals surface area contributed by atoms with E-state index in [9.17, 15) is 9.59 Å². The zero-order valence-electron chi connectivity index (χ0n) is 17.3. The van der Waals surface area contributed by atoms with E-state index in [1.807, 2.05) is 48.5 Å². The van der Waals surface area contributed by atoms with E-state index < -0.39 is 5.97 Å². The van der Waals surface area contributed by atoms with Crippen LogP contribution in [-0.2, 0) is 16.1 Å². The number of rotatable bonds is 7. The van der Waals surface area contributed by atoms with Crippen LogP contribution in [0, 0.1) is 0 Å². The number of ether oxygens (including phenoxy) is 2. The highest BCUT2D eigenvalue weighted by atomic mass is 32.1. The Bertz CT molecular complexity index is 1250. The second kappa shape index (κ2) is 9.89. The molecule has 160 valence electrons. The van der Waals surface area contributed by atoms with Crippen molar-refractivity contribution >= 4 is 45.2 Å². The minimum absolute atomic E-state index is 0.0673. The molecule has 0 atom stereocenters. The van der Waals surface area contributed by atoms with Crippen LogP contribution < -0.4 is 10.1 Å². The molecule has 32 heavy (non-hydrogen) atoms. The molecule has 0 aliphatic carbocycles. The molecule has 0 saturated heterocycles. The number of amides is 1. The van der Waals surface area contributed by atoms with Gasteiger partial charge >= 0.3 is 5.97 Å². The van der Waals surface area contributed by atoms with Crippen LogP contribution in [0.4, 0.5) is 5.69 Å². The van der Waals surface area contributed by atoms with Crippen molar-refractivity contribution in [1.29, 1.82) is 0 Å². The Morgan fingerprint density at radius 1 is 1.00 bits per heavy atom. The Labute approximate surface area is 189 Å². The van der Waals surface area contributed by atoms with Crippen LogP contribution in [0.2, 0.25) is 0 Å². The normalized spacial score (nSPS) is 10.9. The van der Waals surface area contributed by atoms with E-state index in [4.69, 9.17) is 9.47 Å². The van der Waals surface area contributed by atoms with Crippen LogP contribution in [0.1, 0.15) is 20.9 Å². The van der Waals surface area contributed by atoms with Crippen molar-refractivity contribution in [2.24, 2.45) is 0 Å². The molecule has 7 heteroatoms. The van der Waals surface area contributed by atoms with Crippen molar-refractivity contribution in [2.75, 3.05) is 12.4 Å². The maximum Gasteiger partial charge on any atom is 0.340 e. The topological polar surface area (TPSA) is 77.5 Å². The molecule has 0 spiro atoms. The van der Waals surface area contributed by atoms with Gasteiger partial charge in [0.2, 0.25) is 5.91 Å². The second-order valence-electron chi connectivity index (χ2n) is 6.79. The summed E-state index contributed by atoms with van der Waals surface area (Å²) in [4.78, 5) is 29.5. The Morgan fingerprint density at radius 3 is 2.53 bits per heavy atom. The first kappa shape index (κ1) is 21.3. The van der Waals surface area contributed by atoms with Gasteiger partial charge in [-0.05, 0) is 48.0 Å². The summed E-state index contributed by atoms with van der Waals surface area (Å²) in [7, 11) is 1.60. The van der Waals surface area contributed by atoms with Crippen molar-refractivity contribution in [3.8, 4) is 5.75 Å². The van der Waals surface area contributed by atoms with E-state index in [2.05, 4.69) is 10.3 Å². The average molecular weight is 445 g/mol. The number of para-hydroxylation sites is 2. The van der Waals surface area contributed by atoms with Crippen molar-refractivity contribution in [1.82, 2.24) is 4.98 Å². The molecule has 1 aromatic heterocycles. The van der Waals surface area contributed by atoms with Crippen molar-refractivity contribution in [3.05, 3.63) is 95.0 Å². The molecule has 1 heterocycles. The highest BCUT2D eigenvalue weighted by molar-refractivity contribution is 7.18. The minimum atomic E-state index is -0.528. The highest BCUT2D eigenvalue weighted by Gasteiger charge is 2.15. The first-order valence-corrected chi connectivity index (χ1v) is 10.7. The molecule has 0 aliphatic rings. The molecule has 0 radical (unpaired) electrons. The van der Waals surface area contributed by atoms with Crippen LogP contribution in [0.5, 0.6) is 5.75 Å². The summed E-state index contributed by atoms with van der Waals surface area (Å²) in [6.45, 7) is 0.0673. The number of fused-ring (bicyclic) bond motifs is 1. The number of benzene rings is 3. The lowest BCUT2D eigenvalue weighted by Gasteiger charge is -2.09. The summed E-state index contributed by atoms with van der Waals surface area (Å²) in [6, 6.07) is 21.8. The van der Waals surface area contributed by atoms with Gasteiger partial charge < -0.3 is 14.8 Å². The van der Waals surface area contributed by atoms with Gasteiger partial charge in [-0.3, -0.25) is 4.79 Å². The summed E-state index contributed by atoms with van der Waals surface area (Å²) in [5.41, 5.74) is 2.38. The molecule has 3 aromatic carbocycles. The lowest BCUT2D eigenvalue weighted by Crippen LogP contribution is -2.13. The van der Waals surface area contributed by atoms with Crippen LogP contribution in [-0.4, -0.2) is 24.0 Å². The summed E-state index contributed by atoms with van der Waals surface area (Å²) in [5.74, 6) is -0.142. The van der Waals surface area contributed by atoms with Gasteiger partial charge in [0, 0.05) is 6.08 Å². The van der Waals surface area contributed by atoms with E-state index in [0.29, 0.717) is 10.7 Å². The Kier molecular flexibility index (Phi) is 6.57. The van der Waals surface area contributed by atoms with Gasteiger partial charge in [0.1, 0.15) is 17.4 Å². The number of carbonyl (C=O) groups is 2. The summed E-state index contributed by atoms with van der Waals surface area (Å²) in [5, 5.41) is 3.45. The van der Waals surface area contributed by atoms with Crippen LogP contribution in [0.15, 0.2) is 78.9 Å². The van der Waals surface area contributed by atoms with Gasteiger partial charge in [0.05, 0.1) is 28.6 Å². The molecular weight excluding hydrogens is 424 g/mol. The standard InChI is InChI=1S/C25H20N2O4S/c1-30-18-13-10-17(11-14-18)12-15-23(28)26-20-7-3-2-6-19(20)25(29)31-16-24-27-21-8-4-5-9-22(21)32-24/h2-15H,16H2,1H3,(H,26,28)/b15-12+. The van der Waals surface area contributed by atoms with E-state index in [1.165, 1.54) is 17.4 Å². The van der Waals surface area contributed by atoms with E-state index >= 15 is 0 Å². The van der Waals surface area contributed by atoms with Gasteiger partial charge in [0.15, 0.2) is 0 Å². The van der Waals surface area contributed by atoms with E-state index in [0.717, 1.165) is 21.5 Å². The van der Waals surface area contributed by atoms with Gasteiger partial charge in [-0.25, -0.2) is 9.78 Å². The fourth-order valence-electron chi connectivity index (χ4n) is 3.02. The van der Waals surface area contributed by atoms with Crippen molar-refractivity contribution < 1.29 is 19.1 Å². The predicted molar refractivity (Wildman–Crippen MR) is 126 cm³/mol. The van der Waals surface area contributed by atoms with Gasteiger partial charge in [-0.15, -0.1) is 11.3 Å². The molecule has 0 fully saturated rings. The monoisotopic (exact) mass is 444 g/mol. The zero-order valence-corrected chi connectivity index (χ0v) is 18.1. The maximum atomic E-state index is 12.6. The smallest absolute Gasteiger partial charge is 0.340 e. The van der Waals surface area contributed by atoms with E-state index in [1.54, 1.807) is 37.5 Å². The molecule has 0 bridgehead atoms. The Balaban J connectivity index is 1.40. The highest BCUT2D eigenvalue weighted by Crippen LogP contribution is 2.23. The maximum absolute atomic E-state index is 12.6. The molecule has 4 aromatic rings. The van der Waals surface area contributed by atoms with Gasteiger partial charge in [0.25, 0.3) is 0 Å². The molecule has 4 rings (SSSR count). The van der Waals surface area contributed by atoms with Crippen molar-refractivity contribution in [2.45, 2.75) is 6.61 Å². The first-order chi connectivity index (χ1) is 15.6. The fraction of sp³-hybridized carbons (Fsp3) is 0.0800. The van der Waals surface area contributed by atoms with Crippen LogP contribution >= 0.6 is 11.3 Å². The molecule has 0 saturated carbocycles. The Morgan fingerprint density at radius 2 is 1.75 bits per heavy atom. The number of nitrogens with zero attached hydrogens (tertiary/aromatic N) is 1. The SMILES string of the molecule is COc1ccc(/C=C/C(=O)Nc2ccccc2C(=O)OCc2nc3ccccc3s2)cc1. The molecular formula is C25H20N2O4S. The lowest BCUT2D eigenvalue weighted by atomic mass is 10.1. The molecule has 0 unspecified atom stereocenters. The third-order valence-corrected chi connectivity index (χ3v) is 5.62. The van der Waals surface area contributed by atoms with Gasteiger partial charge in [-0.2, -0.15) is 0 Å². The predicted octanol–water partition coefficient (Wildman–Crippen LogP) is 5.31. The van der Waals surface area contributed by atoms with Gasteiger partial charge in [-0.1, -0.05) is 36.4 Å². The number of thiazole rings is 1. The van der Waals surface area contributed by atoms with Crippen LogP contribution in [0.3, 0.4) is 0 Å². The number of methoxy groups -OCH3 is 1. The quantitative estimate of drug-likeness (QED) is 0.309. The number of nitrogens with one attached hydrogen (secondary N) is 1. The minimum Gasteiger partial charge on any atom is -0.497 e. The summed E-state index contributed by atoms with van der Waals surface area (Å²) in [6.07, 6.45) is 3.09. The van der Waals surface area contributed by atoms with Crippen LogP contribution in [0.25, 0.3) is 16.3 Å². The largest absolute Gasteiger partial charge is 0.497 e. The summed E-state index contributed by atoms with van der Waals surface area (Å²) >= 11 is 1.48. The zero-order chi connectivity index (χ0) is 22.3. The lowest BCUT2D eigenvalue weighted by molar-refractivity contribution is -0.111. The number of carbonyl (C=O) groups excluding carboxylic acids is 2. The molecule has 0 aliphatic heterocycles. The number of aromatic nitrogens is 1. The molecule has 1 N–H and O–H groups in total. The fourth-order valence-corrected chi connectivity index (χ4v) is 3.90. The number of hydrogen-bond donors (Lipinski definition) is 1. The third kappa shape index (κ3) is 5.19. The van der Waals surface area contributed by atoms with E-state index in [-0.39, 0.29) is 18.1 Å². The summed E-state index contributed by atoms with van der Waals surface area (Å²) < 4.78 is 11.6. The Hall–Kier alpha value is -3.97. The number of hydrogen-bond acceptors (Lipinski definition) is 6. The number of esters is 1. The van der Waals surface area contributed by atoms with Crippen molar-refractivity contribution in [3.63, 3.8) is 0 Å². The molecule has 1 amide bonds.